The van der Waals surface area contributed by atoms with Gasteiger partial charge >= 0.3 is 5.97 Å². The van der Waals surface area contributed by atoms with Crippen molar-refractivity contribution in [3.05, 3.63) is 0 Å². The standard InChI is InChI=1S/C11H14O5/c12-7-5-6-8(14-7)9-10(13-6)16-11(15-9)3-1-2-4-11/h6,8-10H,1-5H2. The van der Waals surface area contributed by atoms with Crippen LogP contribution in [0.25, 0.3) is 0 Å². The number of rotatable bonds is 0. The van der Waals surface area contributed by atoms with Gasteiger partial charge in [-0.05, 0) is 12.8 Å². The first kappa shape index (κ1) is 9.39. The molecule has 4 unspecified atom stereocenters. The van der Waals surface area contributed by atoms with Gasteiger partial charge in [0.25, 0.3) is 0 Å². The van der Waals surface area contributed by atoms with Crippen LogP contribution < -0.4 is 0 Å². The molecule has 1 aliphatic carbocycles. The fraction of sp³-hybridized carbons (Fsp3) is 0.909. The lowest BCUT2D eigenvalue weighted by molar-refractivity contribution is -0.224. The summed E-state index contributed by atoms with van der Waals surface area (Å²) in [6.07, 6.45) is 3.48. The highest BCUT2D eigenvalue weighted by Crippen LogP contribution is 2.48. The highest BCUT2D eigenvalue weighted by Gasteiger charge is 2.61. The SMILES string of the molecule is O=C1CC2OC3OC4(CCCC4)OC3C2O1. The zero-order valence-corrected chi connectivity index (χ0v) is 8.89. The number of carbonyl (C=O) groups is 1. The van der Waals surface area contributed by atoms with E-state index < -0.39 is 5.79 Å². The Kier molecular flexibility index (Phi) is 1.74. The first-order chi connectivity index (χ1) is 7.76. The zero-order valence-electron chi connectivity index (χ0n) is 8.89. The summed E-state index contributed by atoms with van der Waals surface area (Å²) in [6, 6.07) is 0. The van der Waals surface area contributed by atoms with Crippen molar-refractivity contribution in [1.29, 1.82) is 0 Å². The zero-order chi connectivity index (χ0) is 10.8. The Morgan fingerprint density at radius 2 is 1.94 bits per heavy atom. The minimum absolute atomic E-state index is 0.166. The van der Waals surface area contributed by atoms with E-state index in [4.69, 9.17) is 18.9 Å². The summed E-state index contributed by atoms with van der Waals surface area (Å²) in [7, 11) is 0. The molecule has 3 heterocycles. The minimum atomic E-state index is -0.449. The maximum atomic E-state index is 11.2. The first-order valence-corrected chi connectivity index (χ1v) is 5.96. The van der Waals surface area contributed by atoms with Gasteiger partial charge in [0, 0.05) is 12.8 Å². The fourth-order valence-electron chi connectivity index (χ4n) is 3.22. The summed E-state index contributed by atoms with van der Waals surface area (Å²) >= 11 is 0. The number of carbonyl (C=O) groups excluding carboxylic acids is 1. The third-order valence-electron chi connectivity index (χ3n) is 3.95. The van der Waals surface area contributed by atoms with Gasteiger partial charge in [0.1, 0.15) is 6.10 Å². The summed E-state index contributed by atoms with van der Waals surface area (Å²) in [6.45, 7) is 0. The van der Waals surface area contributed by atoms with Gasteiger partial charge in [-0.1, -0.05) is 0 Å². The van der Waals surface area contributed by atoms with Crippen molar-refractivity contribution in [3.8, 4) is 0 Å². The molecule has 4 atom stereocenters. The van der Waals surface area contributed by atoms with E-state index in [0.717, 1.165) is 25.7 Å². The van der Waals surface area contributed by atoms with Crippen LogP contribution in [0.1, 0.15) is 32.1 Å². The third-order valence-corrected chi connectivity index (χ3v) is 3.95. The van der Waals surface area contributed by atoms with E-state index in [1.807, 2.05) is 0 Å². The average molecular weight is 226 g/mol. The number of ether oxygens (including phenoxy) is 4. The predicted octanol–water partition coefficient (Wildman–Crippen LogP) is 0.712. The lowest BCUT2D eigenvalue weighted by Crippen LogP contribution is -2.34. The molecule has 0 N–H and O–H groups in total. The van der Waals surface area contributed by atoms with Crippen molar-refractivity contribution in [2.24, 2.45) is 0 Å². The third kappa shape index (κ3) is 1.14. The van der Waals surface area contributed by atoms with Gasteiger partial charge in [-0.3, -0.25) is 4.79 Å². The van der Waals surface area contributed by atoms with Crippen molar-refractivity contribution < 1.29 is 23.7 Å². The van der Waals surface area contributed by atoms with Gasteiger partial charge in [0.15, 0.2) is 24.3 Å². The summed E-state index contributed by atoms with van der Waals surface area (Å²) in [4.78, 5) is 11.2. The molecule has 1 saturated carbocycles. The topological polar surface area (TPSA) is 54.0 Å². The van der Waals surface area contributed by atoms with Gasteiger partial charge in [0.2, 0.25) is 0 Å². The fourth-order valence-corrected chi connectivity index (χ4v) is 3.22. The van der Waals surface area contributed by atoms with E-state index in [2.05, 4.69) is 0 Å². The Morgan fingerprint density at radius 1 is 1.12 bits per heavy atom. The average Bonchev–Trinajstić information content (AvgIpc) is 2.92. The van der Waals surface area contributed by atoms with E-state index in [0.29, 0.717) is 6.42 Å². The second kappa shape index (κ2) is 2.97. The second-order valence-electron chi connectivity index (χ2n) is 5.02. The number of esters is 1. The molecule has 16 heavy (non-hydrogen) atoms. The highest BCUT2D eigenvalue weighted by molar-refractivity contribution is 5.73. The maximum Gasteiger partial charge on any atom is 0.309 e. The molecular weight excluding hydrogens is 212 g/mol. The molecule has 5 nitrogen and oxygen atoms in total. The Balaban J connectivity index is 1.57. The molecule has 0 radical (unpaired) electrons. The van der Waals surface area contributed by atoms with Crippen LogP contribution in [-0.4, -0.2) is 36.4 Å². The summed E-state index contributed by atoms with van der Waals surface area (Å²) in [5.41, 5.74) is 0. The Labute approximate surface area is 93.0 Å². The minimum Gasteiger partial charge on any atom is -0.456 e. The molecule has 4 fully saturated rings. The second-order valence-corrected chi connectivity index (χ2v) is 5.02. The van der Waals surface area contributed by atoms with Gasteiger partial charge in [-0.25, -0.2) is 0 Å². The van der Waals surface area contributed by atoms with E-state index in [1.165, 1.54) is 0 Å². The quantitative estimate of drug-likeness (QED) is 0.569. The highest BCUT2D eigenvalue weighted by atomic mass is 16.8. The Hall–Kier alpha value is -0.650. The number of hydrogen-bond acceptors (Lipinski definition) is 5. The molecular formula is C11H14O5. The van der Waals surface area contributed by atoms with Crippen LogP contribution in [-0.2, 0) is 23.7 Å². The molecule has 0 aromatic heterocycles. The first-order valence-electron chi connectivity index (χ1n) is 5.96. The molecule has 4 rings (SSSR count). The van der Waals surface area contributed by atoms with E-state index in [9.17, 15) is 4.79 Å². The van der Waals surface area contributed by atoms with Crippen molar-refractivity contribution in [3.63, 3.8) is 0 Å². The molecule has 1 spiro atoms. The lowest BCUT2D eigenvalue weighted by Gasteiger charge is -2.24. The van der Waals surface area contributed by atoms with Crippen molar-refractivity contribution in [1.82, 2.24) is 0 Å². The molecule has 0 aromatic carbocycles. The van der Waals surface area contributed by atoms with E-state index in [1.54, 1.807) is 0 Å². The predicted molar refractivity (Wildman–Crippen MR) is 50.3 cm³/mol. The van der Waals surface area contributed by atoms with Crippen molar-refractivity contribution in [2.45, 2.75) is 62.5 Å². The van der Waals surface area contributed by atoms with Crippen LogP contribution in [0.15, 0.2) is 0 Å². The van der Waals surface area contributed by atoms with Crippen molar-refractivity contribution in [2.75, 3.05) is 0 Å². The van der Waals surface area contributed by atoms with Gasteiger partial charge < -0.3 is 18.9 Å². The van der Waals surface area contributed by atoms with Gasteiger partial charge in [-0.15, -0.1) is 0 Å². The molecule has 0 aromatic rings. The lowest BCUT2D eigenvalue weighted by atomic mass is 10.1. The van der Waals surface area contributed by atoms with Crippen LogP contribution in [0.4, 0.5) is 0 Å². The molecule has 0 amide bonds. The van der Waals surface area contributed by atoms with E-state index >= 15 is 0 Å². The van der Waals surface area contributed by atoms with Gasteiger partial charge in [0.05, 0.1) is 6.42 Å². The summed E-state index contributed by atoms with van der Waals surface area (Å²) in [5.74, 6) is -0.639. The normalized spacial score (nSPS) is 48.4. The van der Waals surface area contributed by atoms with Crippen LogP contribution in [0.5, 0.6) is 0 Å². The summed E-state index contributed by atoms with van der Waals surface area (Å²) < 4.78 is 22.7. The van der Waals surface area contributed by atoms with Crippen LogP contribution in [0.2, 0.25) is 0 Å². The number of hydrogen-bond donors (Lipinski definition) is 0. The molecule has 4 aliphatic rings. The molecule has 0 bridgehead atoms. The Bertz CT molecular complexity index is 335. The molecule has 5 heteroatoms. The number of fused-ring (bicyclic) bond motifs is 3. The monoisotopic (exact) mass is 226 g/mol. The maximum absolute atomic E-state index is 11.2. The van der Waals surface area contributed by atoms with Crippen LogP contribution in [0.3, 0.4) is 0 Å². The van der Waals surface area contributed by atoms with Crippen molar-refractivity contribution >= 4 is 5.97 Å². The Morgan fingerprint density at radius 3 is 2.75 bits per heavy atom. The molecule has 88 valence electrons. The van der Waals surface area contributed by atoms with E-state index in [-0.39, 0.29) is 30.6 Å². The van der Waals surface area contributed by atoms with Crippen LogP contribution >= 0.6 is 0 Å². The van der Waals surface area contributed by atoms with Crippen LogP contribution in [0, 0.1) is 0 Å². The summed E-state index contributed by atoms with van der Waals surface area (Å²) in [5, 5.41) is 0. The van der Waals surface area contributed by atoms with Gasteiger partial charge in [-0.2, -0.15) is 0 Å². The molecule has 3 saturated heterocycles. The smallest absolute Gasteiger partial charge is 0.309 e. The largest absolute Gasteiger partial charge is 0.456 e. The molecule has 3 aliphatic heterocycles.